The molecule has 0 radical (unpaired) electrons. The van der Waals surface area contributed by atoms with Gasteiger partial charge >= 0.3 is 5.97 Å². The SMILES string of the molecule is CCOc1ccccc1C(CC(=O)N1CCC(C(=O)O)(C(C)C)C1)NC(C)=O. The van der Waals surface area contributed by atoms with Gasteiger partial charge in [0.25, 0.3) is 0 Å². The summed E-state index contributed by atoms with van der Waals surface area (Å²) in [6, 6.07) is 6.78. The molecule has 7 heteroatoms. The highest BCUT2D eigenvalue weighted by Crippen LogP contribution is 2.39. The van der Waals surface area contributed by atoms with E-state index in [0.717, 1.165) is 5.56 Å². The van der Waals surface area contributed by atoms with Gasteiger partial charge in [-0.3, -0.25) is 14.4 Å². The van der Waals surface area contributed by atoms with Crippen LogP contribution in [0.4, 0.5) is 0 Å². The number of benzene rings is 1. The first-order chi connectivity index (χ1) is 13.2. The maximum Gasteiger partial charge on any atom is 0.311 e. The van der Waals surface area contributed by atoms with E-state index in [9.17, 15) is 19.5 Å². The molecule has 1 fully saturated rings. The Balaban J connectivity index is 2.21. The number of aliphatic carboxylic acids is 1. The number of carbonyl (C=O) groups excluding carboxylic acids is 2. The fraction of sp³-hybridized carbons (Fsp3) is 0.571. The number of ether oxygens (including phenoxy) is 1. The smallest absolute Gasteiger partial charge is 0.311 e. The standard InChI is InChI=1S/C21H30N2O5/c1-5-28-18-9-7-6-8-16(18)17(22-15(4)24)12-19(25)23-11-10-21(13-23,14(2)3)20(26)27/h6-9,14,17H,5,10-13H2,1-4H3,(H,22,24)(H,26,27). The zero-order valence-electron chi connectivity index (χ0n) is 17.0. The lowest BCUT2D eigenvalue weighted by atomic mass is 9.76. The molecule has 1 aliphatic rings. The number of para-hydroxylation sites is 1. The Hall–Kier alpha value is -2.57. The Bertz CT molecular complexity index is 733. The minimum absolute atomic E-state index is 0.0530. The minimum atomic E-state index is -0.914. The van der Waals surface area contributed by atoms with Crippen LogP contribution in [0.1, 0.15) is 52.1 Å². The van der Waals surface area contributed by atoms with Crippen molar-refractivity contribution in [3.05, 3.63) is 29.8 Å². The number of amides is 2. The number of hydrogen-bond donors (Lipinski definition) is 2. The third-order valence-corrected chi connectivity index (χ3v) is 5.54. The van der Waals surface area contributed by atoms with Crippen molar-refractivity contribution in [2.45, 2.75) is 46.6 Å². The summed E-state index contributed by atoms with van der Waals surface area (Å²) in [5, 5.41) is 12.5. The van der Waals surface area contributed by atoms with Crippen molar-refractivity contribution < 1.29 is 24.2 Å². The van der Waals surface area contributed by atoms with Gasteiger partial charge < -0.3 is 20.1 Å². The Morgan fingerprint density at radius 2 is 1.96 bits per heavy atom. The van der Waals surface area contributed by atoms with Crippen LogP contribution in [0, 0.1) is 11.3 Å². The Morgan fingerprint density at radius 3 is 2.50 bits per heavy atom. The summed E-state index contributed by atoms with van der Waals surface area (Å²) in [5.41, 5.74) is -0.178. The fourth-order valence-electron chi connectivity index (χ4n) is 3.78. The van der Waals surface area contributed by atoms with Crippen LogP contribution < -0.4 is 10.1 Å². The topological polar surface area (TPSA) is 95.9 Å². The van der Waals surface area contributed by atoms with E-state index in [-0.39, 0.29) is 30.7 Å². The lowest BCUT2D eigenvalue weighted by Crippen LogP contribution is -2.41. The molecule has 1 aromatic rings. The van der Waals surface area contributed by atoms with Crippen molar-refractivity contribution >= 4 is 17.8 Å². The summed E-state index contributed by atoms with van der Waals surface area (Å²) in [6.07, 6.45) is 0.490. The zero-order chi connectivity index (χ0) is 20.9. The van der Waals surface area contributed by atoms with E-state index in [4.69, 9.17) is 4.74 Å². The molecule has 0 spiro atoms. The third-order valence-electron chi connectivity index (χ3n) is 5.54. The molecule has 28 heavy (non-hydrogen) atoms. The molecule has 1 aliphatic heterocycles. The molecule has 2 unspecified atom stereocenters. The first-order valence-electron chi connectivity index (χ1n) is 9.71. The van der Waals surface area contributed by atoms with Gasteiger partial charge in [0, 0.05) is 25.6 Å². The molecule has 1 heterocycles. The summed E-state index contributed by atoms with van der Waals surface area (Å²) >= 11 is 0. The van der Waals surface area contributed by atoms with Crippen LogP contribution in [0.5, 0.6) is 5.75 Å². The molecule has 7 nitrogen and oxygen atoms in total. The van der Waals surface area contributed by atoms with Crippen LogP contribution in [0.2, 0.25) is 0 Å². The van der Waals surface area contributed by atoms with Crippen LogP contribution in [0.3, 0.4) is 0 Å². The van der Waals surface area contributed by atoms with E-state index in [0.29, 0.717) is 25.3 Å². The van der Waals surface area contributed by atoms with Gasteiger partial charge in [0.05, 0.1) is 24.5 Å². The number of carbonyl (C=O) groups is 3. The van der Waals surface area contributed by atoms with Crippen molar-refractivity contribution in [2.24, 2.45) is 11.3 Å². The van der Waals surface area contributed by atoms with Crippen molar-refractivity contribution in [2.75, 3.05) is 19.7 Å². The maximum absolute atomic E-state index is 13.0. The van der Waals surface area contributed by atoms with Crippen LogP contribution in [0.15, 0.2) is 24.3 Å². The van der Waals surface area contributed by atoms with Gasteiger partial charge in [-0.05, 0) is 25.3 Å². The molecular weight excluding hydrogens is 360 g/mol. The van der Waals surface area contributed by atoms with Gasteiger partial charge in [-0.1, -0.05) is 32.0 Å². The summed E-state index contributed by atoms with van der Waals surface area (Å²) in [6.45, 7) is 8.10. The van der Waals surface area contributed by atoms with E-state index < -0.39 is 17.4 Å². The van der Waals surface area contributed by atoms with Gasteiger partial charge in [0.15, 0.2) is 0 Å². The molecule has 2 N–H and O–H groups in total. The molecule has 2 rings (SSSR count). The normalized spacial score (nSPS) is 20.1. The van der Waals surface area contributed by atoms with Crippen molar-refractivity contribution in [3.8, 4) is 5.75 Å². The Morgan fingerprint density at radius 1 is 1.29 bits per heavy atom. The molecule has 0 saturated carbocycles. The average Bonchev–Trinajstić information content (AvgIpc) is 3.09. The van der Waals surface area contributed by atoms with Crippen molar-refractivity contribution in [1.82, 2.24) is 10.2 Å². The number of rotatable bonds is 8. The summed E-state index contributed by atoms with van der Waals surface area (Å²) in [4.78, 5) is 38.1. The number of carboxylic acids is 1. The van der Waals surface area contributed by atoms with Gasteiger partial charge in [-0.25, -0.2) is 0 Å². The Kier molecular flexibility index (Phi) is 7.05. The third kappa shape index (κ3) is 4.64. The quantitative estimate of drug-likeness (QED) is 0.711. The van der Waals surface area contributed by atoms with Gasteiger partial charge in [-0.2, -0.15) is 0 Å². The van der Waals surface area contributed by atoms with E-state index >= 15 is 0 Å². The molecule has 0 aromatic heterocycles. The van der Waals surface area contributed by atoms with Crippen LogP contribution >= 0.6 is 0 Å². The molecular formula is C21H30N2O5. The van der Waals surface area contributed by atoms with Crippen molar-refractivity contribution in [3.63, 3.8) is 0 Å². The highest BCUT2D eigenvalue weighted by molar-refractivity contribution is 5.82. The highest BCUT2D eigenvalue weighted by Gasteiger charge is 2.48. The average molecular weight is 390 g/mol. The monoisotopic (exact) mass is 390 g/mol. The minimum Gasteiger partial charge on any atom is -0.494 e. The number of likely N-dealkylation sites (tertiary alicyclic amines) is 1. The second-order valence-electron chi connectivity index (χ2n) is 7.61. The molecule has 2 atom stereocenters. The second kappa shape index (κ2) is 9.08. The lowest BCUT2D eigenvalue weighted by Gasteiger charge is -2.29. The van der Waals surface area contributed by atoms with E-state index in [1.807, 2.05) is 45.0 Å². The largest absolute Gasteiger partial charge is 0.494 e. The summed E-state index contributed by atoms with van der Waals surface area (Å²) < 4.78 is 5.65. The predicted molar refractivity (Wildman–Crippen MR) is 105 cm³/mol. The molecule has 154 valence electrons. The molecule has 2 amide bonds. The number of carboxylic acid groups (broad SMARTS) is 1. The number of nitrogens with zero attached hydrogens (tertiary/aromatic N) is 1. The molecule has 1 aromatic carbocycles. The summed E-state index contributed by atoms with van der Waals surface area (Å²) in [5.74, 6) is -0.730. The lowest BCUT2D eigenvalue weighted by molar-refractivity contribution is -0.151. The van der Waals surface area contributed by atoms with E-state index in [2.05, 4.69) is 5.32 Å². The van der Waals surface area contributed by atoms with E-state index in [1.165, 1.54) is 6.92 Å². The molecule has 1 saturated heterocycles. The molecule has 0 aliphatic carbocycles. The van der Waals surface area contributed by atoms with Gasteiger partial charge in [-0.15, -0.1) is 0 Å². The predicted octanol–water partition coefficient (Wildman–Crippen LogP) is 2.61. The van der Waals surface area contributed by atoms with Crippen LogP contribution in [-0.2, 0) is 14.4 Å². The maximum atomic E-state index is 13.0. The van der Waals surface area contributed by atoms with Crippen LogP contribution in [0.25, 0.3) is 0 Å². The van der Waals surface area contributed by atoms with E-state index in [1.54, 1.807) is 4.90 Å². The van der Waals surface area contributed by atoms with Gasteiger partial charge in [0.1, 0.15) is 5.75 Å². The first-order valence-corrected chi connectivity index (χ1v) is 9.71. The number of hydrogen-bond acceptors (Lipinski definition) is 4. The summed E-state index contributed by atoms with van der Waals surface area (Å²) in [7, 11) is 0. The fourth-order valence-corrected chi connectivity index (χ4v) is 3.78. The van der Waals surface area contributed by atoms with Crippen LogP contribution in [-0.4, -0.2) is 47.5 Å². The highest BCUT2D eigenvalue weighted by atomic mass is 16.5. The zero-order valence-corrected chi connectivity index (χ0v) is 17.0. The van der Waals surface area contributed by atoms with Gasteiger partial charge in [0.2, 0.25) is 11.8 Å². The van der Waals surface area contributed by atoms with Crippen molar-refractivity contribution in [1.29, 1.82) is 0 Å². The molecule has 0 bridgehead atoms. The number of nitrogens with one attached hydrogen (secondary N) is 1. The second-order valence-corrected chi connectivity index (χ2v) is 7.61. The Labute approximate surface area is 166 Å². The first kappa shape index (κ1) is 21.7.